The highest BCUT2D eigenvalue weighted by atomic mass is 16.5. The van der Waals surface area contributed by atoms with Gasteiger partial charge in [-0.05, 0) is 43.2 Å². The second kappa shape index (κ2) is 7.18. The van der Waals surface area contributed by atoms with Gasteiger partial charge in [0.25, 0.3) is 0 Å². The number of benzene rings is 1. The van der Waals surface area contributed by atoms with E-state index < -0.39 is 0 Å². The normalized spacial score (nSPS) is 13.7. The molecule has 2 rings (SSSR count). The van der Waals surface area contributed by atoms with Crippen LogP contribution >= 0.6 is 0 Å². The van der Waals surface area contributed by atoms with Crippen molar-refractivity contribution in [2.45, 2.75) is 32.4 Å². The van der Waals surface area contributed by atoms with Gasteiger partial charge in [0.05, 0.1) is 26.5 Å². The van der Waals surface area contributed by atoms with Gasteiger partial charge in [0.15, 0.2) is 11.5 Å². The van der Waals surface area contributed by atoms with Crippen LogP contribution < -0.4 is 14.8 Å². The number of hydrogen-bond donors (Lipinski definition) is 1. The van der Waals surface area contributed by atoms with Crippen LogP contribution in [0, 0.1) is 0 Å². The van der Waals surface area contributed by atoms with Crippen LogP contribution in [0.15, 0.2) is 41.0 Å². The van der Waals surface area contributed by atoms with Gasteiger partial charge in [0.1, 0.15) is 5.76 Å². The fourth-order valence-electron chi connectivity index (χ4n) is 2.41. The highest BCUT2D eigenvalue weighted by molar-refractivity contribution is 5.43. The first-order valence-corrected chi connectivity index (χ1v) is 7.21. The maximum Gasteiger partial charge on any atom is 0.161 e. The molecule has 0 spiro atoms. The Bertz CT molecular complexity index is 551. The molecule has 1 heterocycles. The Morgan fingerprint density at radius 2 is 1.90 bits per heavy atom. The molecular formula is C17H23NO3. The molecule has 0 aliphatic rings. The SMILES string of the molecule is CCC(NC(C)c1ccc(OC)c(OC)c1)c1ccco1. The van der Waals surface area contributed by atoms with E-state index in [0.29, 0.717) is 0 Å². The summed E-state index contributed by atoms with van der Waals surface area (Å²) < 4.78 is 16.1. The van der Waals surface area contributed by atoms with Crippen LogP contribution in [0.5, 0.6) is 11.5 Å². The second-order valence-electron chi connectivity index (χ2n) is 4.98. The summed E-state index contributed by atoms with van der Waals surface area (Å²) in [4.78, 5) is 0. The Morgan fingerprint density at radius 3 is 2.48 bits per heavy atom. The minimum atomic E-state index is 0.180. The highest BCUT2D eigenvalue weighted by Gasteiger charge is 2.17. The van der Waals surface area contributed by atoms with Gasteiger partial charge < -0.3 is 19.2 Å². The molecule has 2 atom stereocenters. The van der Waals surface area contributed by atoms with E-state index in [1.54, 1.807) is 20.5 Å². The summed E-state index contributed by atoms with van der Waals surface area (Å²) in [5.41, 5.74) is 1.15. The van der Waals surface area contributed by atoms with E-state index in [1.165, 1.54) is 0 Å². The van der Waals surface area contributed by atoms with E-state index in [-0.39, 0.29) is 12.1 Å². The predicted molar refractivity (Wildman–Crippen MR) is 82.8 cm³/mol. The number of methoxy groups -OCH3 is 2. The molecule has 0 saturated heterocycles. The quantitative estimate of drug-likeness (QED) is 0.833. The molecule has 0 aliphatic heterocycles. The number of ether oxygens (including phenoxy) is 2. The van der Waals surface area contributed by atoms with Gasteiger partial charge in [-0.2, -0.15) is 0 Å². The summed E-state index contributed by atoms with van der Waals surface area (Å²) in [6.45, 7) is 4.27. The number of nitrogens with one attached hydrogen (secondary N) is 1. The van der Waals surface area contributed by atoms with Crippen molar-refractivity contribution in [1.29, 1.82) is 0 Å². The first-order valence-electron chi connectivity index (χ1n) is 7.21. The Labute approximate surface area is 126 Å². The fourth-order valence-corrected chi connectivity index (χ4v) is 2.41. The molecule has 1 N–H and O–H groups in total. The largest absolute Gasteiger partial charge is 0.493 e. The van der Waals surface area contributed by atoms with Crippen molar-refractivity contribution in [2.24, 2.45) is 0 Å². The van der Waals surface area contributed by atoms with Gasteiger partial charge in [-0.15, -0.1) is 0 Å². The molecule has 2 aromatic rings. The molecule has 4 heteroatoms. The summed E-state index contributed by atoms with van der Waals surface area (Å²) in [6, 6.07) is 10.3. The molecule has 1 aromatic carbocycles. The van der Waals surface area contributed by atoms with Crippen LogP contribution in [-0.2, 0) is 0 Å². The lowest BCUT2D eigenvalue weighted by atomic mass is 10.0. The van der Waals surface area contributed by atoms with Crippen LogP contribution in [0.2, 0.25) is 0 Å². The lowest BCUT2D eigenvalue weighted by molar-refractivity contribution is 0.351. The minimum Gasteiger partial charge on any atom is -0.493 e. The molecule has 4 nitrogen and oxygen atoms in total. The smallest absolute Gasteiger partial charge is 0.161 e. The Hall–Kier alpha value is -1.94. The fraction of sp³-hybridized carbons (Fsp3) is 0.412. The molecule has 1 aromatic heterocycles. The molecule has 114 valence electrons. The van der Waals surface area contributed by atoms with Crippen molar-refractivity contribution in [3.8, 4) is 11.5 Å². The molecule has 0 aliphatic carbocycles. The number of furan rings is 1. The van der Waals surface area contributed by atoms with Crippen molar-refractivity contribution >= 4 is 0 Å². The standard InChI is InChI=1S/C17H23NO3/c1-5-14(15-7-6-10-21-15)18-12(2)13-8-9-16(19-3)17(11-13)20-4/h6-12,14,18H,5H2,1-4H3. The summed E-state index contributed by atoms with van der Waals surface area (Å²) in [5.74, 6) is 2.45. The van der Waals surface area contributed by atoms with E-state index >= 15 is 0 Å². The van der Waals surface area contributed by atoms with Crippen molar-refractivity contribution in [3.05, 3.63) is 47.9 Å². The van der Waals surface area contributed by atoms with Crippen molar-refractivity contribution in [2.75, 3.05) is 14.2 Å². The third kappa shape index (κ3) is 3.58. The lowest BCUT2D eigenvalue weighted by Crippen LogP contribution is -2.23. The van der Waals surface area contributed by atoms with Crippen LogP contribution in [0.1, 0.15) is 43.7 Å². The monoisotopic (exact) mass is 289 g/mol. The Balaban J connectivity index is 2.14. The molecule has 2 unspecified atom stereocenters. The van der Waals surface area contributed by atoms with Crippen LogP contribution in [-0.4, -0.2) is 14.2 Å². The molecule has 21 heavy (non-hydrogen) atoms. The maximum absolute atomic E-state index is 5.50. The zero-order chi connectivity index (χ0) is 15.2. The van der Waals surface area contributed by atoms with Gasteiger partial charge in [0.2, 0.25) is 0 Å². The average Bonchev–Trinajstić information content (AvgIpc) is 3.05. The predicted octanol–water partition coefficient (Wildman–Crippen LogP) is 4.10. The summed E-state index contributed by atoms with van der Waals surface area (Å²) >= 11 is 0. The summed E-state index contributed by atoms with van der Waals surface area (Å²) in [5, 5.41) is 3.58. The average molecular weight is 289 g/mol. The van der Waals surface area contributed by atoms with E-state index in [4.69, 9.17) is 13.9 Å². The third-order valence-electron chi connectivity index (χ3n) is 3.65. The molecular weight excluding hydrogens is 266 g/mol. The van der Waals surface area contributed by atoms with Crippen LogP contribution in [0.4, 0.5) is 0 Å². The second-order valence-corrected chi connectivity index (χ2v) is 4.98. The molecule has 0 fully saturated rings. The summed E-state index contributed by atoms with van der Waals surface area (Å²) in [7, 11) is 3.29. The Morgan fingerprint density at radius 1 is 1.14 bits per heavy atom. The first-order chi connectivity index (χ1) is 10.2. The van der Waals surface area contributed by atoms with E-state index in [2.05, 4.69) is 19.2 Å². The van der Waals surface area contributed by atoms with E-state index in [0.717, 1.165) is 29.2 Å². The minimum absolute atomic E-state index is 0.180. The van der Waals surface area contributed by atoms with E-state index in [1.807, 2.05) is 30.3 Å². The highest BCUT2D eigenvalue weighted by Crippen LogP contribution is 2.31. The lowest BCUT2D eigenvalue weighted by Gasteiger charge is -2.22. The van der Waals surface area contributed by atoms with Crippen LogP contribution in [0.25, 0.3) is 0 Å². The molecule has 0 radical (unpaired) electrons. The molecule has 0 bridgehead atoms. The van der Waals surface area contributed by atoms with Gasteiger partial charge >= 0.3 is 0 Å². The zero-order valence-corrected chi connectivity index (χ0v) is 13.1. The van der Waals surface area contributed by atoms with Gasteiger partial charge in [0, 0.05) is 6.04 Å². The number of rotatable bonds is 7. The topological polar surface area (TPSA) is 43.6 Å². The molecule has 0 amide bonds. The maximum atomic E-state index is 5.50. The molecule has 0 saturated carbocycles. The summed E-state index contributed by atoms with van der Waals surface area (Å²) in [6.07, 6.45) is 2.67. The third-order valence-corrected chi connectivity index (χ3v) is 3.65. The van der Waals surface area contributed by atoms with Crippen molar-refractivity contribution < 1.29 is 13.9 Å². The van der Waals surface area contributed by atoms with Gasteiger partial charge in [-0.3, -0.25) is 0 Å². The first kappa shape index (κ1) is 15.4. The van der Waals surface area contributed by atoms with Crippen molar-refractivity contribution in [1.82, 2.24) is 5.32 Å². The van der Waals surface area contributed by atoms with Crippen LogP contribution in [0.3, 0.4) is 0 Å². The van der Waals surface area contributed by atoms with E-state index in [9.17, 15) is 0 Å². The zero-order valence-electron chi connectivity index (χ0n) is 13.1. The Kier molecular flexibility index (Phi) is 5.28. The van der Waals surface area contributed by atoms with Gasteiger partial charge in [-0.25, -0.2) is 0 Å². The van der Waals surface area contributed by atoms with Crippen molar-refractivity contribution in [3.63, 3.8) is 0 Å². The van der Waals surface area contributed by atoms with Gasteiger partial charge in [-0.1, -0.05) is 13.0 Å². The number of hydrogen-bond acceptors (Lipinski definition) is 4.